The van der Waals surface area contributed by atoms with Gasteiger partial charge in [-0.25, -0.2) is 4.39 Å². The summed E-state index contributed by atoms with van der Waals surface area (Å²) >= 11 is 0. The highest BCUT2D eigenvalue weighted by molar-refractivity contribution is 6.32. The molecule has 1 aromatic carbocycles. The third kappa shape index (κ3) is 0.952. The molecule has 39 valence electrons. The Morgan fingerprint density at radius 1 is 1.25 bits per heavy atom. The molecule has 0 amide bonds. The molecule has 1 aromatic rings. The summed E-state index contributed by atoms with van der Waals surface area (Å²) in [7, 11) is 3.07. The van der Waals surface area contributed by atoms with Gasteiger partial charge in [-0.3, -0.25) is 0 Å². The average molecular weight is 123 g/mol. The molecule has 0 bridgehead atoms. The lowest BCUT2D eigenvalue weighted by atomic mass is 10.3. The standard InChI is InChI=1S/C6H4FSi/c7-5-3-1-2-4-6(5)8/h1-4H. The molecule has 0 unspecified atom stereocenters. The SMILES string of the molecule is Fc1ccccc1[Si]. The van der Waals surface area contributed by atoms with Gasteiger partial charge in [0.15, 0.2) is 0 Å². The highest BCUT2D eigenvalue weighted by atomic mass is 28.1. The van der Waals surface area contributed by atoms with Crippen LogP contribution in [0.1, 0.15) is 0 Å². The largest absolute Gasteiger partial charge is 0.207 e. The summed E-state index contributed by atoms with van der Waals surface area (Å²) in [5.74, 6) is -0.218. The first kappa shape index (κ1) is 5.50. The van der Waals surface area contributed by atoms with Crippen LogP contribution in [0.4, 0.5) is 4.39 Å². The minimum absolute atomic E-state index is 0.218. The van der Waals surface area contributed by atoms with Gasteiger partial charge in [0.25, 0.3) is 0 Å². The monoisotopic (exact) mass is 123 g/mol. The van der Waals surface area contributed by atoms with Crippen molar-refractivity contribution in [2.45, 2.75) is 0 Å². The Labute approximate surface area is 50.8 Å². The van der Waals surface area contributed by atoms with Crippen molar-refractivity contribution >= 4 is 15.4 Å². The van der Waals surface area contributed by atoms with Crippen LogP contribution in [0.3, 0.4) is 0 Å². The van der Waals surface area contributed by atoms with Gasteiger partial charge >= 0.3 is 0 Å². The Morgan fingerprint density at radius 3 is 2.25 bits per heavy atom. The Balaban J connectivity index is 3.13. The summed E-state index contributed by atoms with van der Waals surface area (Å²) in [5, 5.41) is 0.507. The van der Waals surface area contributed by atoms with Crippen molar-refractivity contribution in [3.05, 3.63) is 30.1 Å². The molecule has 0 fully saturated rings. The maximum absolute atomic E-state index is 12.3. The van der Waals surface area contributed by atoms with Gasteiger partial charge in [0.2, 0.25) is 0 Å². The highest BCUT2D eigenvalue weighted by Gasteiger charge is 1.88. The Kier molecular flexibility index (Phi) is 1.44. The van der Waals surface area contributed by atoms with E-state index in [-0.39, 0.29) is 5.82 Å². The van der Waals surface area contributed by atoms with Gasteiger partial charge in [0.1, 0.15) is 5.82 Å². The summed E-state index contributed by atoms with van der Waals surface area (Å²) in [5.41, 5.74) is 0. The van der Waals surface area contributed by atoms with Gasteiger partial charge < -0.3 is 0 Å². The molecule has 0 aliphatic carbocycles. The maximum atomic E-state index is 12.3. The van der Waals surface area contributed by atoms with Crippen molar-refractivity contribution in [3.8, 4) is 0 Å². The molecule has 3 radical (unpaired) electrons. The molecule has 0 atom stereocenters. The number of hydrogen-bond donors (Lipinski definition) is 0. The fraction of sp³-hybridized carbons (Fsp3) is 0. The van der Waals surface area contributed by atoms with Crippen LogP contribution >= 0.6 is 0 Å². The van der Waals surface area contributed by atoms with E-state index in [1.807, 2.05) is 0 Å². The first-order valence-electron chi connectivity index (χ1n) is 2.27. The van der Waals surface area contributed by atoms with Gasteiger partial charge in [0, 0.05) is 0 Å². The quantitative estimate of drug-likeness (QED) is 0.444. The average Bonchev–Trinajstić information content (AvgIpc) is 1.77. The van der Waals surface area contributed by atoms with E-state index in [1.165, 1.54) is 6.07 Å². The molecule has 0 aromatic heterocycles. The van der Waals surface area contributed by atoms with E-state index in [0.717, 1.165) is 0 Å². The summed E-state index contributed by atoms with van der Waals surface area (Å²) in [4.78, 5) is 0. The molecule has 0 aliphatic rings. The summed E-state index contributed by atoms with van der Waals surface area (Å²) < 4.78 is 12.3. The predicted octanol–water partition coefficient (Wildman–Crippen LogP) is 0.619. The fourth-order valence-electron chi connectivity index (χ4n) is 0.461. The smallest absolute Gasteiger partial charge is 0.121 e. The highest BCUT2D eigenvalue weighted by Crippen LogP contribution is 1.88. The minimum Gasteiger partial charge on any atom is -0.207 e. The third-order valence-electron chi connectivity index (χ3n) is 0.874. The first-order valence-corrected chi connectivity index (χ1v) is 2.77. The summed E-state index contributed by atoms with van der Waals surface area (Å²) in [6, 6.07) is 6.49. The van der Waals surface area contributed by atoms with Crippen LogP contribution in [0, 0.1) is 5.82 Å². The van der Waals surface area contributed by atoms with Gasteiger partial charge in [-0.2, -0.15) is 0 Å². The van der Waals surface area contributed by atoms with Gasteiger partial charge in [0.05, 0.1) is 10.2 Å². The van der Waals surface area contributed by atoms with Crippen molar-refractivity contribution in [1.29, 1.82) is 0 Å². The number of benzene rings is 1. The van der Waals surface area contributed by atoms with Crippen molar-refractivity contribution in [1.82, 2.24) is 0 Å². The first-order chi connectivity index (χ1) is 3.80. The lowest BCUT2D eigenvalue weighted by Gasteiger charge is -1.89. The van der Waals surface area contributed by atoms with E-state index in [2.05, 4.69) is 10.2 Å². The number of hydrogen-bond acceptors (Lipinski definition) is 0. The Morgan fingerprint density at radius 2 is 1.88 bits per heavy atom. The fourth-order valence-corrected chi connectivity index (χ4v) is 0.641. The molecule has 2 heteroatoms. The van der Waals surface area contributed by atoms with Crippen LogP contribution in [0.25, 0.3) is 0 Å². The minimum atomic E-state index is -0.218. The van der Waals surface area contributed by atoms with Crippen LogP contribution in [0.15, 0.2) is 24.3 Å². The second kappa shape index (κ2) is 2.09. The second-order valence-corrected chi connectivity index (χ2v) is 2.02. The van der Waals surface area contributed by atoms with E-state index in [1.54, 1.807) is 18.2 Å². The molecule has 0 aliphatic heterocycles. The number of rotatable bonds is 0. The van der Waals surface area contributed by atoms with Crippen LogP contribution in [0.2, 0.25) is 0 Å². The Hall–Kier alpha value is -0.633. The molecule has 8 heavy (non-hydrogen) atoms. The molecule has 0 saturated carbocycles. The van der Waals surface area contributed by atoms with Crippen molar-refractivity contribution < 1.29 is 4.39 Å². The normalized spacial score (nSPS) is 9.25. The molecule has 0 heterocycles. The lowest BCUT2D eigenvalue weighted by molar-refractivity contribution is 0.636. The van der Waals surface area contributed by atoms with Crippen molar-refractivity contribution in [2.24, 2.45) is 0 Å². The van der Waals surface area contributed by atoms with Gasteiger partial charge in [-0.15, -0.1) is 0 Å². The molecule has 0 nitrogen and oxygen atoms in total. The van der Waals surface area contributed by atoms with Gasteiger partial charge in [-0.05, 0) is 11.3 Å². The summed E-state index contributed by atoms with van der Waals surface area (Å²) in [6.07, 6.45) is 0. The topological polar surface area (TPSA) is 0 Å². The Bertz CT molecular complexity index is 165. The van der Waals surface area contributed by atoms with Crippen LogP contribution < -0.4 is 5.19 Å². The van der Waals surface area contributed by atoms with E-state index in [4.69, 9.17) is 0 Å². The van der Waals surface area contributed by atoms with Crippen LogP contribution in [-0.2, 0) is 0 Å². The second-order valence-electron chi connectivity index (χ2n) is 1.48. The zero-order valence-corrected chi connectivity index (χ0v) is 5.19. The molecular weight excluding hydrogens is 119 g/mol. The molecule has 1 rings (SSSR count). The molecule has 0 spiro atoms. The van der Waals surface area contributed by atoms with E-state index in [9.17, 15) is 4.39 Å². The zero-order valence-electron chi connectivity index (χ0n) is 4.19. The van der Waals surface area contributed by atoms with E-state index >= 15 is 0 Å². The molecule has 0 saturated heterocycles. The van der Waals surface area contributed by atoms with Crippen LogP contribution in [0.5, 0.6) is 0 Å². The zero-order chi connectivity index (χ0) is 5.98. The van der Waals surface area contributed by atoms with Crippen LogP contribution in [-0.4, -0.2) is 10.2 Å². The van der Waals surface area contributed by atoms with Gasteiger partial charge in [-0.1, -0.05) is 18.2 Å². The van der Waals surface area contributed by atoms with E-state index in [0.29, 0.717) is 5.19 Å². The van der Waals surface area contributed by atoms with Crippen molar-refractivity contribution in [3.63, 3.8) is 0 Å². The lowest BCUT2D eigenvalue weighted by Crippen LogP contribution is -2.05. The molecular formula is C6H4FSi. The molecule has 0 N–H and O–H groups in total. The third-order valence-corrected chi connectivity index (χ3v) is 1.28. The predicted molar refractivity (Wildman–Crippen MR) is 31.8 cm³/mol. The number of halogens is 1. The summed E-state index contributed by atoms with van der Waals surface area (Å²) in [6.45, 7) is 0. The van der Waals surface area contributed by atoms with Crippen molar-refractivity contribution in [2.75, 3.05) is 0 Å². The maximum Gasteiger partial charge on any atom is 0.121 e. The van der Waals surface area contributed by atoms with E-state index < -0.39 is 0 Å².